The molecule has 1 aromatic carbocycles. The molecule has 0 spiro atoms. The van der Waals surface area contributed by atoms with Crippen molar-refractivity contribution >= 4 is 0 Å². The molecule has 0 aliphatic rings. The van der Waals surface area contributed by atoms with Gasteiger partial charge in [0.2, 0.25) is 0 Å². The van der Waals surface area contributed by atoms with E-state index < -0.39 is 0 Å². The first kappa shape index (κ1) is 12.3. The number of imidazole rings is 1. The number of hydrogen-bond acceptors (Lipinski definition) is 3. The summed E-state index contributed by atoms with van der Waals surface area (Å²) in [5.74, 6) is 1.04. The van der Waals surface area contributed by atoms with Crippen LogP contribution in [-0.4, -0.2) is 9.55 Å². The Balaban J connectivity index is 1.90. The third-order valence-corrected chi connectivity index (χ3v) is 2.81. The van der Waals surface area contributed by atoms with Gasteiger partial charge in [0.1, 0.15) is 5.82 Å². The molecule has 0 radical (unpaired) electrons. The van der Waals surface area contributed by atoms with Gasteiger partial charge in [0.25, 0.3) is 0 Å². The minimum Gasteiger partial charge on any atom is -0.334 e. The fraction of sp³-hybridized carbons (Fsp3) is 0.286. The molecule has 92 valence electrons. The normalized spacial score (nSPS) is 10.2. The zero-order valence-corrected chi connectivity index (χ0v) is 10.4. The first-order chi connectivity index (χ1) is 8.83. The van der Waals surface area contributed by atoms with Crippen LogP contribution in [0.5, 0.6) is 0 Å². The van der Waals surface area contributed by atoms with Crippen molar-refractivity contribution in [2.75, 3.05) is 0 Å². The van der Waals surface area contributed by atoms with Crippen molar-refractivity contribution in [3.8, 4) is 6.07 Å². The summed E-state index contributed by atoms with van der Waals surface area (Å²) in [4.78, 5) is 4.30. The van der Waals surface area contributed by atoms with Crippen molar-refractivity contribution in [1.29, 1.82) is 5.26 Å². The van der Waals surface area contributed by atoms with Crippen molar-refractivity contribution in [3.05, 3.63) is 53.6 Å². The lowest BCUT2D eigenvalue weighted by molar-refractivity contribution is 0.613. The van der Waals surface area contributed by atoms with Crippen LogP contribution in [0.3, 0.4) is 0 Å². The summed E-state index contributed by atoms with van der Waals surface area (Å²) in [7, 11) is 0. The Kier molecular flexibility index (Phi) is 4.11. The molecule has 1 aromatic heterocycles. The summed E-state index contributed by atoms with van der Waals surface area (Å²) in [5, 5.41) is 12.2. The third-order valence-electron chi connectivity index (χ3n) is 2.81. The minimum absolute atomic E-state index is 0.698. The van der Waals surface area contributed by atoms with Gasteiger partial charge in [-0.1, -0.05) is 12.1 Å². The molecule has 18 heavy (non-hydrogen) atoms. The highest BCUT2D eigenvalue weighted by molar-refractivity contribution is 5.32. The Morgan fingerprint density at radius 2 is 2.28 bits per heavy atom. The van der Waals surface area contributed by atoms with Gasteiger partial charge < -0.3 is 9.88 Å². The number of rotatable bonds is 5. The monoisotopic (exact) mass is 240 g/mol. The quantitative estimate of drug-likeness (QED) is 0.870. The first-order valence-corrected chi connectivity index (χ1v) is 6.03. The molecule has 1 N–H and O–H groups in total. The summed E-state index contributed by atoms with van der Waals surface area (Å²) in [6, 6.07) is 9.78. The van der Waals surface area contributed by atoms with Crippen LogP contribution < -0.4 is 5.32 Å². The lowest BCUT2D eigenvalue weighted by atomic mass is 10.1. The molecule has 0 amide bonds. The van der Waals surface area contributed by atoms with E-state index >= 15 is 0 Å². The molecule has 0 saturated carbocycles. The van der Waals surface area contributed by atoms with Crippen molar-refractivity contribution in [2.24, 2.45) is 0 Å². The second kappa shape index (κ2) is 5.99. The Morgan fingerprint density at radius 1 is 1.39 bits per heavy atom. The average molecular weight is 240 g/mol. The van der Waals surface area contributed by atoms with Gasteiger partial charge in [-0.15, -0.1) is 0 Å². The average Bonchev–Trinajstić information content (AvgIpc) is 2.86. The Labute approximate surface area is 107 Å². The van der Waals surface area contributed by atoms with Crippen LogP contribution >= 0.6 is 0 Å². The second-order valence-electron chi connectivity index (χ2n) is 4.05. The second-order valence-corrected chi connectivity index (χ2v) is 4.05. The highest BCUT2D eigenvalue weighted by atomic mass is 15.1. The van der Waals surface area contributed by atoms with Crippen LogP contribution in [0.15, 0.2) is 36.7 Å². The summed E-state index contributed by atoms with van der Waals surface area (Å²) in [6.45, 7) is 4.51. The van der Waals surface area contributed by atoms with Crippen LogP contribution in [0.2, 0.25) is 0 Å². The highest BCUT2D eigenvalue weighted by Crippen LogP contribution is 2.04. The summed E-state index contributed by atoms with van der Waals surface area (Å²) >= 11 is 0. The fourth-order valence-electron chi connectivity index (χ4n) is 1.86. The minimum atomic E-state index is 0.698. The SMILES string of the molecule is CCn1ccnc1CNCc1cccc(C#N)c1. The lowest BCUT2D eigenvalue weighted by Crippen LogP contribution is -2.16. The standard InChI is InChI=1S/C14H16N4/c1-2-18-7-6-17-14(18)11-16-10-13-5-3-4-12(8-13)9-15/h3-8,16H,2,10-11H2,1H3. The van der Waals surface area contributed by atoms with Crippen molar-refractivity contribution in [3.63, 3.8) is 0 Å². The first-order valence-electron chi connectivity index (χ1n) is 6.03. The maximum Gasteiger partial charge on any atom is 0.122 e. The Morgan fingerprint density at radius 3 is 3.06 bits per heavy atom. The molecule has 4 nitrogen and oxygen atoms in total. The molecule has 0 bridgehead atoms. The molecule has 0 atom stereocenters. The van der Waals surface area contributed by atoms with Crippen molar-refractivity contribution < 1.29 is 0 Å². The van der Waals surface area contributed by atoms with Gasteiger partial charge in [-0.25, -0.2) is 4.98 Å². The van der Waals surface area contributed by atoms with Crippen molar-refractivity contribution in [1.82, 2.24) is 14.9 Å². The molecular formula is C14H16N4. The molecule has 1 heterocycles. The smallest absolute Gasteiger partial charge is 0.122 e. The van der Waals surface area contributed by atoms with E-state index in [9.17, 15) is 0 Å². The largest absolute Gasteiger partial charge is 0.334 e. The van der Waals surface area contributed by atoms with Crippen LogP contribution in [0.4, 0.5) is 0 Å². The molecule has 0 aliphatic heterocycles. The number of nitriles is 1. The van der Waals surface area contributed by atoms with Gasteiger partial charge in [0.15, 0.2) is 0 Å². The zero-order valence-electron chi connectivity index (χ0n) is 10.4. The van der Waals surface area contributed by atoms with E-state index in [1.54, 1.807) is 0 Å². The predicted molar refractivity (Wildman–Crippen MR) is 69.6 cm³/mol. The number of aromatic nitrogens is 2. The molecule has 0 saturated heterocycles. The summed E-state index contributed by atoms with van der Waals surface area (Å²) in [6.07, 6.45) is 3.80. The Hall–Kier alpha value is -2.12. The van der Waals surface area contributed by atoms with E-state index in [4.69, 9.17) is 5.26 Å². The molecule has 0 unspecified atom stereocenters. The number of nitrogens with one attached hydrogen (secondary N) is 1. The third kappa shape index (κ3) is 2.96. The lowest BCUT2D eigenvalue weighted by Gasteiger charge is -2.07. The number of nitrogens with zero attached hydrogens (tertiary/aromatic N) is 3. The van der Waals surface area contributed by atoms with Crippen LogP contribution in [0, 0.1) is 11.3 Å². The zero-order chi connectivity index (χ0) is 12.8. The summed E-state index contributed by atoms with van der Waals surface area (Å²) in [5.41, 5.74) is 1.81. The maximum atomic E-state index is 8.82. The Bertz CT molecular complexity index is 551. The molecule has 0 fully saturated rings. The van der Waals surface area contributed by atoms with Gasteiger partial charge in [-0.2, -0.15) is 5.26 Å². The molecular weight excluding hydrogens is 224 g/mol. The van der Waals surface area contributed by atoms with E-state index in [1.165, 1.54) is 0 Å². The number of aryl methyl sites for hydroxylation is 1. The molecule has 2 aromatic rings. The maximum absolute atomic E-state index is 8.82. The van der Waals surface area contributed by atoms with Crippen LogP contribution in [0.1, 0.15) is 23.9 Å². The molecule has 2 rings (SSSR count). The van der Waals surface area contributed by atoms with E-state index in [2.05, 4.69) is 27.9 Å². The van der Waals surface area contributed by atoms with Gasteiger partial charge in [0.05, 0.1) is 18.2 Å². The fourth-order valence-corrected chi connectivity index (χ4v) is 1.86. The number of hydrogen-bond donors (Lipinski definition) is 1. The topological polar surface area (TPSA) is 53.6 Å². The number of benzene rings is 1. The highest BCUT2D eigenvalue weighted by Gasteiger charge is 2.00. The van der Waals surface area contributed by atoms with E-state index in [-0.39, 0.29) is 0 Å². The summed E-state index contributed by atoms with van der Waals surface area (Å²) < 4.78 is 2.11. The van der Waals surface area contributed by atoms with Gasteiger partial charge >= 0.3 is 0 Å². The molecule has 4 heteroatoms. The van der Waals surface area contributed by atoms with E-state index in [0.29, 0.717) is 5.56 Å². The predicted octanol–water partition coefficient (Wildman–Crippen LogP) is 2.06. The van der Waals surface area contributed by atoms with Gasteiger partial charge in [-0.05, 0) is 24.6 Å². The van der Waals surface area contributed by atoms with Crippen molar-refractivity contribution in [2.45, 2.75) is 26.6 Å². The van der Waals surface area contributed by atoms with E-state index in [1.807, 2.05) is 36.7 Å². The van der Waals surface area contributed by atoms with Gasteiger partial charge in [0, 0.05) is 25.5 Å². The van der Waals surface area contributed by atoms with Gasteiger partial charge in [-0.3, -0.25) is 0 Å². The van der Waals surface area contributed by atoms with Crippen LogP contribution in [0.25, 0.3) is 0 Å². The molecule has 0 aliphatic carbocycles. The van der Waals surface area contributed by atoms with Crippen LogP contribution in [-0.2, 0) is 19.6 Å². The van der Waals surface area contributed by atoms with E-state index in [0.717, 1.165) is 31.0 Å².